The number of nitrogens with zero attached hydrogens (tertiary/aromatic N) is 2. The van der Waals surface area contributed by atoms with E-state index in [9.17, 15) is 0 Å². The molecule has 0 saturated carbocycles. The van der Waals surface area contributed by atoms with Crippen molar-refractivity contribution in [3.63, 3.8) is 0 Å². The lowest BCUT2D eigenvalue weighted by Gasteiger charge is -1.91. The minimum Gasteiger partial charge on any atom is -0.261 e. The van der Waals surface area contributed by atoms with Crippen LogP contribution in [0.5, 0.6) is 0 Å². The zero-order valence-corrected chi connectivity index (χ0v) is 5.77. The maximum atomic E-state index is 4.77. The molecule has 0 saturated heterocycles. The Morgan fingerprint density at radius 3 is 2.89 bits per heavy atom. The molecule has 47 valence electrons. The van der Waals surface area contributed by atoms with E-state index in [0.717, 1.165) is 17.9 Å². The second-order valence-electron chi connectivity index (χ2n) is 1.65. The van der Waals surface area contributed by atoms with Gasteiger partial charge in [-0.2, -0.15) is 0 Å². The van der Waals surface area contributed by atoms with Gasteiger partial charge in [-0.05, 0) is 0 Å². The van der Waals surface area contributed by atoms with E-state index in [1.165, 1.54) is 0 Å². The normalized spacial score (nSPS) is 9.44. The van der Waals surface area contributed by atoms with E-state index in [1.54, 1.807) is 18.6 Å². The van der Waals surface area contributed by atoms with Crippen molar-refractivity contribution < 1.29 is 0 Å². The summed E-state index contributed by atoms with van der Waals surface area (Å²) in [5, 5.41) is 0. The predicted molar refractivity (Wildman–Crippen MR) is 38.2 cm³/mol. The van der Waals surface area contributed by atoms with Crippen LogP contribution in [0.15, 0.2) is 18.6 Å². The summed E-state index contributed by atoms with van der Waals surface area (Å²) in [7, 11) is 0. The Balaban J connectivity index is 2.61. The zero-order valence-electron chi connectivity index (χ0n) is 4.95. The van der Waals surface area contributed by atoms with Crippen LogP contribution < -0.4 is 0 Å². The molecule has 0 atom stereocenters. The summed E-state index contributed by atoms with van der Waals surface area (Å²) in [5.41, 5.74) is 0.979. The van der Waals surface area contributed by atoms with E-state index in [-0.39, 0.29) is 0 Å². The fourth-order valence-corrected chi connectivity index (χ4v) is 0.773. The largest absolute Gasteiger partial charge is 0.261 e. The molecule has 9 heavy (non-hydrogen) atoms. The molecule has 0 N–H and O–H groups in total. The van der Waals surface area contributed by atoms with Crippen LogP contribution in [0.2, 0.25) is 0 Å². The van der Waals surface area contributed by atoms with Gasteiger partial charge in [0.1, 0.15) is 0 Å². The molecule has 1 radical (unpaired) electrons. The van der Waals surface area contributed by atoms with Gasteiger partial charge in [0.05, 0.1) is 5.69 Å². The van der Waals surface area contributed by atoms with Gasteiger partial charge in [0.25, 0.3) is 0 Å². The maximum absolute atomic E-state index is 4.77. The second-order valence-corrected chi connectivity index (χ2v) is 2.06. The minimum absolute atomic E-state index is 0.721. The smallest absolute Gasteiger partial charge is 0.0595 e. The summed E-state index contributed by atoms with van der Waals surface area (Å²) in [6.07, 6.45) is 5.93. The molecule has 3 heteroatoms. The molecule has 0 unspecified atom stereocenters. The molecule has 0 aliphatic carbocycles. The molecule has 2 nitrogen and oxygen atoms in total. The fraction of sp³-hybridized carbons (Fsp3) is 0.333. The van der Waals surface area contributed by atoms with Gasteiger partial charge in [0, 0.05) is 30.8 Å². The number of rotatable bonds is 2. The number of aryl methyl sites for hydroxylation is 1. The molecular formula is C6H7N2S. The van der Waals surface area contributed by atoms with Crippen molar-refractivity contribution in [1.82, 2.24) is 9.97 Å². The standard InChI is InChI=1S/C6H7N2S/c9-4-1-6-5-7-2-3-8-6/h2-3,5H,1,4H2. The Kier molecular flexibility index (Phi) is 2.51. The SMILES string of the molecule is [S]CCc1cnccn1. The first-order valence-electron chi connectivity index (χ1n) is 2.76. The highest BCUT2D eigenvalue weighted by molar-refractivity contribution is 7.80. The van der Waals surface area contributed by atoms with Gasteiger partial charge in [-0.15, -0.1) is 0 Å². The lowest BCUT2D eigenvalue weighted by molar-refractivity contribution is 1.01. The average molecular weight is 139 g/mol. The summed E-state index contributed by atoms with van der Waals surface area (Å²) < 4.78 is 0. The van der Waals surface area contributed by atoms with Crippen molar-refractivity contribution >= 4 is 12.6 Å². The zero-order chi connectivity index (χ0) is 6.53. The summed E-state index contributed by atoms with van der Waals surface area (Å²) in [4.78, 5) is 7.93. The minimum atomic E-state index is 0.721. The van der Waals surface area contributed by atoms with E-state index < -0.39 is 0 Å². The van der Waals surface area contributed by atoms with Crippen LogP contribution >= 0.6 is 12.6 Å². The van der Waals surface area contributed by atoms with Gasteiger partial charge in [-0.25, -0.2) is 0 Å². The van der Waals surface area contributed by atoms with Crippen LogP contribution in [-0.2, 0) is 6.42 Å². The first-order chi connectivity index (χ1) is 4.43. The van der Waals surface area contributed by atoms with Gasteiger partial charge in [-0.1, -0.05) is 12.6 Å². The third kappa shape index (κ3) is 2.01. The third-order valence-electron chi connectivity index (χ3n) is 0.975. The molecule has 0 aliphatic heterocycles. The lowest BCUT2D eigenvalue weighted by Crippen LogP contribution is -1.90. The van der Waals surface area contributed by atoms with Crippen molar-refractivity contribution in [2.45, 2.75) is 6.42 Å². The van der Waals surface area contributed by atoms with Crippen molar-refractivity contribution in [1.29, 1.82) is 0 Å². The first kappa shape index (κ1) is 6.55. The molecule has 0 amide bonds. The average Bonchev–Trinajstić information content (AvgIpc) is 1.91. The van der Waals surface area contributed by atoms with Crippen LogP contribution in [0.3, 0.4) is 0 Å². The Labute approximate surface area is 59.8 Å². The maximum Gasteiger partial charge on any atom is 0.0595 e. The summed E-state index contributed by atoms with van der Waals surface area (Å²) >= 11 is 4.77. The van der Waals surface area contributed by atoms with Crippen LogP contribution in [0.1, 0.15) is 5.69 Å². The summed E-state index contributed by atoms with van der Waals surface area (Å²) in [6.45, 7) is 0. The Morgan fingerprint density at radius 1 is 1.44 bits per heavy atom. The summed E-state index contributed by atoms with van der Waals surface area (Å²) in [6, 6.07) is 0. The van der Waals surface area contributed by atoms with Crippen LogP contribution in [0.25, 0.3) is 0 Å². The van der Waals surface area contributed by atoms with E-state index in [0.29, 0.717) is 0 Å². The van der Waals surface area contributed by atoms with Gasteiger partial charge < -0.3 is 0 Å². The van der Waals surface area contributed by atoms with Gasteiger partial charge in [-0.3, -0.25) is 9.97 Å². The topological polar surface area (TPSA) is 25.8 Å². The van der Waals surface area contributed by atoms with Gasteiger partial charge in [0.15, 0.2) is 0 Å². The van der Waals surface area contributed by atoms with Gasteiger partial charge >= 0.3 is 0 Å². The molecular weight excluding hydrogens is 132 g/mol. The Hall–Kier alpha value is -0.570. The molecule has 1 aromatic heterocycles. The molecule has 0 bridgehead atoms. The van der Waals surface area contributed by atoms with E-state index in [2.05, 4.69) is 9.97 Å². The molecule has 1 aromatic rings. The lowest BCUT2D eigenvalue weighted by atomic mass is 10.4. The first-order valence-corrected chi connectivity index (χ1v) is 3.34. The monoisotopic (exact) mass is 139 g/mol. The third-order valence-corrected chi connectivity index (χ3v) is 1.18. The van der Waals surface area contributed by atoms with E-state index in [1.807, 2.05) is 0 Å². The molecule has 1 heterocycles. The number of hydrogen-bond acceptors (Lipinski definition) is 2. The van der Waals surface area contributed by atoms with Crippen LogP contribution in [0.4, 0.5) is 0 Å². The molecule has 0 aromatic carbocycles. The van der Waals surface area contributed by atoms with Crippen molar-refractivity contribution in [3.8, 4) is 0 Å². The van der Waals surface area contributed by atoms with Crippen molar-refractivity contribution in [2.75, 3.05) is 5.75 Å². The van der Waals surface area contributed by atoms with Crippen LogP contribution in [0, 0.1) is 0 Å². The molecule has 1 rings (SSSR count). The predicted octanol–water partition coefficient (Wildman–Crippen LogP) is 1.22. The Morgan fingerprint density at radius 2 is 2.33 bits per heavy atom. The number of aromatic nitrogens is 2. The number of hydrogen-bond donors (Lipinski definition) is 0. The van der Waals surface area contributed by atoms with Gasteiger partial charge in [0.2, 0.25) is 0 Å². The molecule has 0 spiro atoms. The Bertz CT molecular complexity index is 164. The molecule has 0 fully saturated rings. The highest BCUT2D eigenvalue weighted by Gasteiger charge is 1.88. The van der Waals surface area contributed by atoms with E-state index >= 15 is 0 Å². The van der Waals surface area contributed by atoms with Crippen molar-refractivity contribution in [2.24, 2.45) is 0 Å². The van der Waals surface area contributed by atoms with E-state index in [4.69, 9.17) is 12.6 Å². The highest BCUT2D eigenvalue weighted by Crippen LogP contribution is 1.91. The van der Waals surface area contributed by atoms with Crippen molar-refractivity contribution in [3.05, 3.63) is 24.3 Å². The second kappa shape index (κ2) is 3.45. The van der Waals surface area contributed by atoms with Crippen LogP contribution in [-0.4, -0.2) is 15.7 Å². The quantitative estimate of drug-likeness (QED) is 0.615. The summed E-state index contributed by atoms with van der Waals surface area (Å²) in [5.74, 6) is 0.721. The fourth-order valence-electron chi connectivity index (χ4n) is 0.564. The molecule has 0 aliphatic rings. The highest BCUT2D eigenvalue weighted by atomic mass is 32.1.